The predicted octanol–water partition coefficient (Wildman–Crippen LogP) is 3.54. The first kappa shape index (κ1) is 32.4. The van der Waals surface area contributed by atoms with E-state index in [0.717, 1.165) is 19.3 Å². The maximum Gasteiger partial charge on any atom is 0.248 e. The van der Waals surface area contributed by atoms with E-state index in [2.05, 4.69) is 23.8 Å². The number of methoxy groups -OCH3 is 1. The number of aromatic nitrogens is 4. The Morgan fingerprint density at radius 1 is 0.886 bits per heavy atom. The number of primary amides is 2. The molecule has 0 fully saturated rings. The van der Waals surface area contributed by atoms with E-state index in [-0.39, 0.29) is 28.1 Å². The van der Waals surface area contributed by atoms with Crippen molar-refractivity contribution in [2.45, 2.75) is 64.3 Å². The highest BCUT2D eigenvalue weighted by atomic mass is 28.4. The minimum Gasteiger partial charge on any atom is -0.494 e. The zero-order chi connectivity index (χ0) is 32.4. The largest absolute Gasteiger partial charge is 0.494 e. The number of allylic oxidation sites excluding steroid dienone is 2. The maximum absolute atomic E-state index is 12.0. The van der Waals surface area contributed by atoms with Gasteiger partial charge in [0.05, 0.1) is 24.8 Å². The number of hydrogen-bond acceptors (Lipinski definition) is 9. The molecule has 14 heteroatoms. The highest BCUT2D eigenvalue weighted by molar-refractivity contribution is 6.72. The summed E-state index contributed by atoms with van der Waals surface area (Å²) in [5.41, 5.74) is 26.3. The van der Waals surface area contributed by atoms with Crippen LogP contribution < -0.4 is 32.4 Å². The third-order valence-corrected chi connectivity index (χ3v) is 11.9. The van der Waals surface area contributed by atoms with Crippen molar-refractivity contribution in [1.29, 1.82) is 0 Å². The fraction of sp³-hybridized carbons (Fsp3) is 0.400. The molecular weight excluding hydrogens is 580 g/mol. The lowest BCUT2D eigenvalue weighted by Gasteiger charge is -2.35. The van der Waals surface area contributed by atoms with E-state index in [1.165, 1.54) is 7.11 Å². The summed E-state index contributed by atoms with van der Waals surface area (Å²) in [6.07, 6.45) is 6.34. The second kappa shape index (κ2) is 12.6. The fourth-order valence-corrected chi connectivity index (χ4v) is 5.72. The Labute approximate surface area is 256 Å². The topological polar surface area (TPSA) is 213 Å². The summed E-state index contributed by atoms with van der Waals surface area (Å²) in [5.74, 6) is 0.207. The zero-order valence-electron chi connectivity index (χ0n) is 25.9. The molecule has 4 aromatic rings. The van der Waals surface area contributed by atoms with Gasteiger partial charge in [0.15, 0.2) is 8.32 Å². The number of imidazole rings is 2. The Morgan fingerprint density at radius 2 is 1.36 bits per heavy atom. The second-order valence-corrected chi connectivity index (χ2v) is 16.5. The van der Waals surface area contributed by atoms with E-state index < -0.39 is 20.1 Å². The van der Waals surface area contributed by atoms with Crippen LogP contribution in [0.3, 0.4) is 0 Å². The molecule has 4 rings (SSSR count). The quantitative estimate of drug-likeness (QED) is 0.0789. The van der Waals surface area contributed by atoms with Gasteiger partial charge in [-0.2, -0.15) is 0 Å². The highest BCUT2D eigenvalue weighted by Crippen LogP contribution is 2.40. The summed E-state index contributed by atoms with van der Waals surface area (Å²) in [4.78, 5) is 43.1. The molecule has 2 aromatic carbocycles. The normalized spacial score (nSPS) is 12.4. The van der Waals surface area contributed by atoms with Crippen LogP contribution >= 0.6 is 0 Å². The van der Waals surface area contributed by atoms with E-state index in [1.54, 1.807) is 33.4 Å². The lowest BCUT2D eigenvalue weighted by Crippen LogP contribution is -2.38. The molecule has 0 bridgehead atoms. The monoisotopic (exact) mass is 622 g/mol. The lowest BCUT2D eigenvalue weighted by atomic mass is 10.1. The Bertz CT molecular complexity index is 1740. The van der Waals surface area contributed by atoms with Crippen LogP contribution in [0, 0.1) is 0 Å². The number of fused-ring (bicyclic) bond motifs is 2. The van der Waals surface area contributed by atoms with E-state index in [1.807, 2.05) is 25.2 Å². The van der Waals surface area contributed by atoms with Crippen molar-refractivity contribution in [3.05, 3.63) is 47.5 Å². The summed E-state index contributed by atoms with van der Waals surface area (Å²) in [6.45, 7) is 9.26. The molecule has 9 N–H and O–H groups in total. The maximum atomic E-state index is 12.0. The number of carbonyl (C=O) groups excluding carboxylic acids is 2. The van der Waals surface area contributed by atoms with Crippen molar-refractivity contribution in [3.8, 4) is 11.5 Å². The smallest absolute Gasteiger partial charge is 0.248 e. The van der Waals surface area contributed by atoms with Gasteiger partial charge in [0.2, 0.25) is 23.7 Å². The Kier molecular flexibility index (Phi) is 9.25. The average molecular weight is 623 g/mol. The minimum atomic E-state index is -2.29. The van der Waals surface area contributed by atoms with E-state index >= 15 is 0 Å². The van der Waals surface area contributed by atoms with Crippen molar-refractivity contribution < 1.29 is 23.9 Å². The van der Waals surface area contributed by atoms with Gasteiger partial charge in [-0.3, -0.25) is 9.59 Å². The van der Waals surface area contributed by atoms with Gasteiger partial charge in [0, 0.05) is 24.2 Å². The Morgan fingerprint density at radius 3 is 1.82 bits per heavy atom. The number of hydrogen-bond donors (Lipinski definition) is 5. The van der Waals surface area contributed by atoms with Crippen molar-refractivity contribution in [2.75, 3.05) is 25.2 Å². The molecular formula is C30H42N8O5Si. The van der Waals surface area contributed by atoms with Crippen LogP contribution in [-0.4, -0.2) is 57.7 Å². The Balaban J connectivity index is 1.55. The number of carbonyl (C=O) groups is 2. The zero-order valence-corrected chi connectivity index (χ0v) is 26.9. The van der Waals surface area contributed by atoms with Gasteiger partial charge >= 0.3 is 0 Å². The summed E-state index contributed by atoms with van der Waals surface area (Å²) < 4.78 is 15.2. The molecule has 44 heavy (non-hydrogen) atoms. The molecule has 0 unspecified atom stereocenters. The molecule has 236 valence electrons. The van der Waals surface area contributed by atoms with Crippen LogP contribution in [0.25, 0.3) is 22.1 Å². The first-order valence-corrected chi connectivity index (χ1v) is 17.3. The number of unbranched alkanes of at least 4 members (excludes halogenated alkanes) is 1. The number of amides is 2. The van der Waals surface area contributed by atoms with E-state index in [9.17, 15) is 14.4 Å². The number of rotatable bonds is 14. The van der Waals surface area contributed by atoms with Crippen LogP contribution in [-0.2, 0) is 13.1 Å². The number of ether oxygens (including phenoxy) is 2. The molecule has 0 aliphatic rings. The first-order valence-electron chi connectivity index (χ1n) is 14.4. The highest BCUT2D eigenvalue weighted by Gasteiger charge is 2.37. The third-order valence-electron chi connectivity index (χ3n) is 8.31. The van der Waals surface area contributed by atoms with Gasteiger partial charge in [-0.05, 0) is 61.7 Å². The predicted molar refractivity (Wildman–Crippen MR) is 174 cm³/mol. The van der Waals surface area contributed by atoms with Crippen LogP contribution in [0.2, 0.25) is 18.1 Å². The molecule has 0 saturated carbocycles. The molecule has 0 aliphatic heterocycles. The van der Waals surface area contributed by atoms with Gasteiger partial charge in [-0.15, -0.1) is 0 Å². The summed E-state index contributed by atoms with van der Waals surface area (Å²) >= 11 is 0. The minimum absolute atomic E-state index is 0.114. The van der Waals surface area contributed by atoms with Crippen molar-refractivity contribution in [2.24, 2.45) is 11.5 Å². The average Bonchev–Trinajstić information content (AvgIpc) is 3.43. The molecule has 0 aliphatic carbocycles. The van der Waals surface area contributed by atoms with Crippen LogP contribution in [0.5, 0.6) is 11.5 Å². The van der Waals surface area contributed by atoms with E-state index in [0.29, 0.717) is 53.3 Å². The van der Waals surface area contributed by atoms with Gasteiger partial charge in [0.1, 0.15) is 22.5 Å². The van der Waals surface area contributed by atoms with Gasteiger partial charge in [-0.1, -0.05) is 26.0 Å². The molecule has 0 radical (unpaired) electrons. The Hall–Kier alpha value is -4.56. The molecule has 0 spiro atoms. The third kappa shape index (κ3) is 6.65. The van der Waals surface area contributed by atoms with Gasteiger partial charge in [0.25, 0.3) is 0 Å². The summed E-state index contributed by atoms with van der Waals surface area (Å²) in [5, 5.41) is -0.114. The van der Waals surface area contributed by atoms with Crippen molar-refractivity contribution in [3.63, 3.8) is 0 Å². The van der Waals surface area contributed by atoms with Crippen molar-refractivity contribution in [1.82, 2.24) is 19.1 Å². The number of nitrogens with two attached hydrogens (primary N) is 4. The summed E-state index contributed by atoms with van der Waals surface area (Å²) in [7, 11) is -0.794. The second-order valence-electron chi connectivity index (χ2n) is 12.0. The van der Waals surface area contributed by atoms with Gasteiger partial charge < -0.3 is 46.3 Å². The first-order chi connectivity index (χ1) is 20.6. The molecule has 0 saturated heterocycles. The molecule has 0 atom stereocenters. The molecule has 2 heterocycles. The molecule has 13 nitrogen and oxygen atoms in total. The molecule has 2 amide bonds. The fourth-order valence-electron chi connectivity index (χ4n) is 4.93. The number of anilines is 2. The van der Waals surface area contributed by atoms with Crippen LogP contribution in [0.15, 0.2) is 36.4 Å². The number of nitrogen functional groups attached to an aromatic ring is 2. The van der Waals surface area contributed by atoms with Gasteiger partial charge in [-0.25, -0.2) is 9.97 Å². The number of benzene rings is 2. The van der Waals surface area contributed by atoms with Crippen molar-refractivity contribution >= 4 is 54.1 Å². The number of nitrogens with zero attached hydrogens (tertiary/aromatic N) is 4. The molecule has 2 aromatic heterocycles. The van der Waals surface area contributed by atoms with E-state index in [4.69, 9.17) is 32.4 Å². The standard InChI is InChI=1S/C30H42N8O5Si/c1-30(2,44(4,5)41)10-6-9-13-43-23-17-19(27(32)40)15-21-25(23)38(29(34)36-21)12-8-7-11-37-24-20(35-28(37)33)14-18(26(31)39)16-22(24)42-3/h7-8,14-17,41H,6,9-13H2,1-5H3,(H2,31,39)(H2,32,40)(H2,33,35)(H2,34,36)/b8-7+. The van der Waals surface area contributed by atoms with Crippen LogP contribution in [0.1, 0.15) is 53.8 Å². The lowest BCUT2D eigenvalue weighted by molar-refractivity contribution is 0.0991. The SMILES string of the molecule is COc1cc(C(N)=O)cc2nc(N)n(C/C=C/Cn3c(N)nc4cc(C(N)=O)cc(OCCCCC(C)(C)[Si](C)(C)O)c43)c12. The van der Waals surface area contributed by atoms with Crippen LogP contribution in [0.4, 0.5) is 11.9 Å². The summed E-state index contributed by atoms with van der Waals surface area (Å²) in [6, 6.07) is 6.35.